The maximum absolute atomic E-state index is 12.5. The van der Waals surface area contributed by atoms with Gasteiger partial charge < -0.3 is 0 Å². The molecular weight excluding hydrogens is 215 g/mol. The van der Waals surface area contributed by atoms with Crippen LogP contribution >= 0.6 is 11.6 Å². The summed E-state index contributed by atoms with van der Waals surface area (Å²) in [6.45, 7) is 0. The third-order valence-corrected chi connectivity index (χ3v) is 1.71. The predicted molar refractivity (Wildman–Crippen MR) is 36.4 cm³/mol. The average Bonchev–Trinajstić information content (AvgIpc) is 1.98. The van der Waals surface area contributed by atoms with Gasteiger partial charge in [0.25, 0.3) is 0 Å². The van der Waals surface area contributed by atoms with Crippen molar-refractivity contribution in [3.8, 4) is 0 Å². The van der Waals surface area contributed by atoms with Crippen LogP contribution in [0.1, 0.15) is 5.56 Å². The van der Waals surface area contributed by atoms with Crippen molar-refractivity contribution in [2.45, 2.75) is 6.18 Å². The summed E-state index contributed by atoms with van der Waals surface area (Å²) >= 11 is 4.95. The Bertz CT molecular complexity index is 330. The minimum absolute atomic E-state index is 0.379. The fourth-order valence-electron chi connectivity index (χ4n) is 0.745. The predicted octanol–water partition coefficient (Wildman–Crippen LogP) is 3.64. The van der Waals surface area contributed by atoms with Gasteiger partial charge in [0.15, 0.2) is 11.6 Å². The number of hydrogen-bond donors (Lipinski definition) is 0. The molecule has 0 radical (unpaired) electrons. The second kappa shape index (κ2) is 3.14. The molecule has 0 aliphatic rings. The lowest BCUT2D eigenvalue weighted by Crippen LogP contribution is -2.07. The molecule has 0 aliphatic heterocycles. The van der Waals surface area contributed by atoms with Crippen LogP contribution in [0.3, 0.4) is 0 Å². The molecule has 0 unspecified atom stereocenters. The van der Waals surface area contributed by atoms with Gasteiger partial charge in [0, 0.05) is 0 Å². The molecule has 1 rings (SSSR count). The molecule has 0 amide bonds. The zero-order valence-electron chi connectivity index (χ0n) is 5.92. The lowest BCUT2D eigenvalue weighted by Gasteiger charge is -2.08. The summed E-state index contributed by atoms with van der Waals surface area (Å²) in [5.41, 5.74) is -1.38. The quantitative estimate of drug-likeness (QED) is 0.459. The number of alkyl halides is 3. The van der Waals surface area contributed by atoms with Crippen LogP contribution in [0, 0.1) is 11.6 Å². The summed E-state index contributed by atoms with van der Waals surface area (Å²) in [5, 5.41) is -1.24. The number of rotatable bonds is 0. The van der Waals surface area contributed by atoms with Gasteiger partial charge in [-0.05, 0) is 12.1 Å². The van der Waals surface area contributed by atoms with E-state index in [9.17, 15) is 22.0 Å². The molecule has 0 saturated heterocycles. The van der Waals surface area contributed by atoms with Gasteiger partial charge in [0.1, 0.15) is 0 Å². The van der Waals surface area contributed by atoms with Gasteiger partial charge in [-0.3, -0.25) is 0 Å². The molecule has 0 fully saturated rings. The molecule has 0 spiro atoms. The van der Waals surface area contributed by atoms with E-state index in [1.807, 2.05) is 0 Å². The monoisotopic (exact) mass is 216 g/mol. The topological polar surface area (TPSA) is 0 Å². The zero-order valence-corrected chi connectivity index (χ0v) is 6.68. The Kier molecular flexibility index (Phi) is 2.47. The zero-order chi connectivity index (χ0) is 10.2. The molecule has 0 heterocycles. The maximum Gasteiger partial charge on any atom is 0.417 e. The molecule has 1 aromatic carbocycles. The lowest BCUT2D eigenvalue weighted by atomic mass is 10.2. The molecule has 6 heteroatoms. The van der Waals surface area contributed by atoms with Gasteiger partial charge in [-0.1, -0.05) is 11.6 Å². The standard InChI is InChI=1S/C7H2ClF5/c8-5-3(7(11,12)13)1-2-4(9)6(5)10/h1-2H. The van der Waals surface area contributed by atoms with Crippen LogP contribution in [0.4, 0.5) is 22.0 Å². The highest BCUT2D eigenvalue weighted by atomic mass is 35.5. The van der Waals surface area contributed by atoms with Crippen LogP contribution < -0.4 is 0 Å². The minimum atomic E-state index is -4.77. The largest absolute Gasteiger partial charge is 0.417 e. The first-order chi connectivity index (χ1) is 5.84. The molecule has 13 heavy (non-hydrogen) atoms. The Hall–Kier alpha value is -0.840. The Morgan fingerprint density at radius 3 is 2.08 bits per heavy atom. The van der Waals surface area contributed by atoms with Gasteiger partial charge >= 0.3 is 6.18 Å². The highest BCUT2D eigenvalue weighted by Crippen LogP contribution is 2.36. The summed E-state index contributed by atoms with van der Waals surface area (Å²) in [6.07, 6.45) is -4.77. The van der Waals surface area contributed by atoms with Crippen molar-refractivity contribution in [2.75, 3.05) is 0 Å². The van der Waals surface area contributed by atoms with Crippen molar-refractivity contribution in [1.29, 1.82) is 0 Å². The molecular formula is C7H2ClF5. The van der Waals surface area contributed by atoms with Gasteiger partial charge in [-0.15, -0.1) is 0 Å². The van der Waals surface area contributed by atoms with E-state index in [4.69, 9.17) is 11.6 Å². The van der Waals surface area contributed by atoms with Crippen LogP contribution in [0.2, 0.25) is 5.02 Å². The van der Waals surface area contributed by atoms with Crippen LogP contribution in [0.5, 0.6) is 0 Å². The van der Waals surface area contributed by atoms with E-state index in [0.29, 0.717) is 12.1 Å². The van der Waals surface area contributed by atoms with E-state index in [2.05, 4.69) is 0 Å². The molecule has 0 saturated carbocycles. The fraction of sp³-hybridized carbons (Fsp3) is 0.143. The van der Waals surface area contributed by atoms with Crippen molar-refractivity contribution < 1.29 is 22.0 Å². The van der Waals surface area contributed by atoms with E-state index in [-0.39, 0.29) is 0 Å². The second-order valence-corrected chi connectivity index (χ2v) is 2.60. The van der Waals surface area contributed by atoms with Crippen LogP contribution in [-0.2, 0) is 6.18 Å². The number of hydrogen-bond acceptors (Lipinski definition) is 0. The van der Waals surface area contributed by atoms with Crippen molar-refractivity contribution in [3.63, 3.8) is 0 Å². The highest BCUT2D eigenvalue weighted by Gasteiger charge is 2.34. The van der Waals surface area contributed by atoms with Crippen molar-refractivity contribution >= 4 is 11.6 Å². The fourth-order valence-corrected chi connectivity index (χ4v) is 1.01. The number of halogens is 6. The molecule has 0 aliphatic carbocycles. The van der Waals surface area contributed by atoms with Crippen LogP contribution in [0.15, 0.2) is 12.1 Å². The molecule has 0 nitrogen and oxygen atoms in total. The summed E-state index contributed by atoms with van der Waals surface area (Å²) in [6, 6.07) is 0.769. The van der Waals surface area contributed by atoms with Crippen LogP contribution in [0.25, 0.3) is 0 Å². The van der Waals surface area contributed by atoms with Gasteiger partial charge in [0.05, 0.1) is 10.6 Å². The van der Waals surface area contributed by atoms with E-state index < -0.39 is 28.4 Å². The Morgan fingerprint density at radius 2 is 1.62 bits per heavy atom. The Balaban J connectivity index is 3.35. The van der Waals surface area contributed by atoms with Gasteiger partial charge in [0.2, 0.25) is 0 Å². The minimum Gasteiger partial charge on any atom is -0.204 e. The van der Waals surface area contributed by atoms with E-state index >= 15 is 0 Å². The van der Waals surface area contributed by atoms with Crippen molar-refractivity contribution in [3.05, 3.63) is 34.4 Å². The molecule has 0 aromatic heterocycles. The lowest BCUT2D eigenvalue weighted by molar-refractivity contribution is -0.137. The Labute approximate surface area is 74.9 Å². The average molecular weight is 217 g/mol. The van der Waals surface area contributed by atoms with Crippen LogP contribution in [-0.4, -0.2) is 0 Å². The van der Waals surface area contributed by atoms with E-state index in [1.165, 1.54) is 0 Å². The highest BCUT2D eigenvalue weighted by molar-refractivity contribution is 6.31. The number of benzene rings is 1. The molecule has 0 atom stereocenters. The summed E-state index contributed by atoms with van der Waals surface area (Å²) in [7, 11) is 0. The van der Waals surface area contributed by atoms with Gasteiger partial charge in [-0.25, -0.2) is 8.78 Å². The third-order valence-electron chi connectivity index (χ3n) is 1.34. The second-order valence-electron chi connectivity index (χ2n) is 2.22. The molecule has 72 valence electrons. The Morgan fingerprint density at radius 1 is 1.08 bits per heavy atom. The summed E-state index contributed by atoms with van der Waals surface area (Å²) in [4.78, 5) is 0. The van der Waals surface area contributed by atoms with E-state index in [1.54, 1.807) is 0 Å². The molecule has 1 aromatic rings. The maximum atomic E-state index is 12.5. The SMILES string of the molecule is Fc1ccc(C(F)(F)F)c(Cl)c1F. The smallest absolute Gasteiger partial charge is 0.204 e. The van der Waals surface area contributed by atoms with Crippen molar-refractivity contribution in [1.82, 2.24) is 0 Å². The summed E-state index contributed by atoms with van der Waals surface area (Å²) in [5.74, 6) is -3.09. The molecule has 0 bridgehead atoms. The first kappa shape index (κ1) is 10.2. The first-order valence-corrected chi connectivity index (χ1v) is 3.42. The third kappa shape index (κ3) is 1.91. The van der Waals surface area contributed by atoms with Crippen molar-refractivity contribution in [2.24, 2.45) is 0 Å². The summed E-state index contributed by atoms with van der Waals surface area (Å²) < 4.78 is 60.8. The first-order valence-electron chi connectivity index (χ1n) is 3.04. The van der Waals surface area contributed by atoms with Gasteiger partial charge in [-0.2, -0.15) is 13.2 Å². The normalized spacial score (nSPS) is 11.8. The van der Waals surface area contributed by atoms with E-state index in [0.717, 1.165) is 0 Å². The molecule has 0 N–H and O–H groups in total.